The SMILES string of the molecule is CC(=O)O.Fc1cc(-c2ccc(OC3CCCCC3)nc2)ccc1-c1nc2ncccc2[nH]1. The maximum Gasteiger partial charge on any atom is 0.300 e. The summed E-state index contributed by atoms with van der Waals surface area (Å²) in [6.07, 6.45) is 9.57. The van der Waals surface area contributed by atoms with E-state index in [-0.39, 0.29) is 11.9 Å². The molecule has 0 bridgehead atoms. The average Bonchev–Trinajstić information content (AvgIpc) is 3.24. The summed E-state index contributed by atoms with van der Waals surface area (Å²) in [5.74, 6) is -0.0753. The third kappa shape index (κ3) is 5.71. The molecule has 1 aromatic carbocycles. The summed E-state index contributed by atoms with van der Waals surface area (Å²) < 4.78 is 20.8. The quantitative estimate of drug-likeness (QED) is 0.420. The van der Waals surface area contributed by atoms with Crippen LogP contribution in [0.5, 0.6) is 5.88 Å². The Hall–Kier alpha value is -3.81. The van der Waals surface area contributed by atoms with Crippen LogP contribution in [0.4, 0.5) is 4.39 Å². The molecule has 1 fully saturated rings. The Morgan fingerprint density at radius 3 is 2.52 bits per heavy atom. The molecule has 2 N–H and O–H groups in total. The summed E-state index contributed by atoms with van der Waals surface area (Å²) >= 11 is 0. The molecule has 4 aromatic rings. The molecule has 5 rings (SSSR count). The van der Waals surface area contributed by atoms with Crippen LogP contribution in [-0.2, 0) is 4.79 Å². The first-order valence-electron chi connectivity index (χ1n) is 10.9. The molecule has 1 aliphatic rings. The monoisotopic (exact) mass is 448 g/mol. The number of carboxylic acid groups (broad SMARTS) is 1. The average molecular weight is 448 g/mol. The van der Waals surface area contributed by atoms with Gasteiger partial charge in [0.2, 0.25) is 5.88 Å². The van der Waals surface area contributed by atoms with Crippen molar-refractivity contribution in [3.8, 4) is 28.4 Å². The number of rotatable bonds is 4. The van der Waals surface area contributed by atoms with Gasteiger partial charge in [-0.25, -0.2) is 19.3 Å². The maximum absolute atomic E-state index is 14.8. The first-order chi connectivity index (χ1) is 16.0. The zero-order valence-corrected chi connectivity index (χ0v) is 18.3. The molecule has 0 aliphatic heterocycles. The van der Waals surface area contributed by atoms with E-state index in [1.807, 2.05) is 30.3 Å². The normalized spacial score (nSPS) is 13.9. The number of aromatic amines is 1. The molecule has 8 heteroatoms. The molecule has 170 valence electrons. The number of aliphatic carboxylic acids is 1. The van der Waals surface area contributed by atoms with Crippen molar-refractivity contribution >= 4 is 17.1 Å². The van der Waals surface area contributed by atoms with E-state index >= 15 is 0 Å². The summed E-state index contributed by atoms with van der Waals surface area (Å²) in [6.45, 7) is 1.08. The summed E-state index contributed by atoms with van der Waals surface area (Å²) in [4.78, 5) is 25.1. The number of imidazole rings is 1. The van der Waals surface area contributed by atoms with Gasteiger partial charge in [-0.15, -0.1) is 0 Å². The molecule has 3 aromatic heterocycles. The molecule has 0 saturated heterocycles. The zero-order valence-electron chi connectivity index (χ0n) is 18.3. The van der Waals surface area contributed by atoms with Crippen molar-refractivity contribution in [2.45, 2.75) is 45.1 Å². The number of H-pyrrole nitrogens is 1. The van der Waals surface area contributed by atoms with E-state index in [9.17, 15) is 4.39 Å². The van der Waals surface area contributed by atoms with Gasteiger partial charge in [0.15, 0.2) is 5.65 Å². The van der Waals surface area contributed by atoms with Crippen molar-refractivity contribution in [1.29, 1.82) is 0 Å². The molecule has 1 aliphatic carbocycles. The highest BCUT2D eigenvalue weighted by atomic mass is 19.1. The molecular weight excluding hydrogens is 423 g/mol. The lowest BCUT2D eigenvalue weighted by Gasteiger charge is -2.22. The Bertz CT molecular complexity index is 1200. The third-order valence-corrected chi connectivity index (χ3v) is 5.39. The summed E-state index contributed by atoms with van der Waals surface area (Å²) in [5.41, 5.74) is 3.37. The van der Waals surface area contributed by atoms with Crippen LogP contribution in [0.2, 0.25) is 0 Å². The van der Waals surface area contributed by atoms with Crippen LogP contribution in [0.1, 0.15) is 39.0 Å². The summed E-state index contributed by atoms with van der Waals surface area (Å²) in [5, 5.41) is 7.42. The van der Waals surface area contributed by atoms with Gasteiger partial charge in [0.05, 0.1) is 11.1 Å². The van der Waals surface area contributed by atoms with Gasteiger partial charge in [-0.1, -0.05) is 12.5 Å². The van der Waals surface area contributed by atoms with Crippen molar-refractivity contribution in [2.75, 3.05) is 0 Å². The van der Waals surface area contributed by atoms with Gasteiger partial charge in [0, 0.05) is 30.9 Å². The number of carbonyl (C=O) groups is 1. The fourth-order valence-electron chi connectivity index (χ4n) is 3.83. The number of pyridine rings is 2. The number of ether oxygens (including phenoxy) is 1. The maximum atomic E-state index is 14.8. The standard InChI is InChI=1S/C23H21FN4O.C2H4O2/c24-19-13-15(8-10-18(19)22-27-20-7-4-12-25-23(20)28-22)16-9-11-21(26-14-16)29-17-5-2-1-3-6-17;1-2(3)4/h4,7-14,17H,1-3,5-6H2,(H,25,27,28);1H3,(H,3,4). The van der Waals surface area contributed by atoms with Gasteiger partial charge < -0.3 is 14.8 Å². The van der Waals surface area contributed by atoms with Crippen LogP contribution in [0.3, 0.4) is 0 Å². The number of aromatic nitrogens is 4. The summed E-state index contributed by atoms with van der Waals surface area (Å²) in [6, 6.07) is 12.6. The van der Waals surface area contributed by atoms with Crippen LogP contribution in [0.15, 0.2) is 54.9 Å². The van der Waals surface area contributed by atoms with Gasteiger partial charge in [-0.3, -0.25) is 4.79 Å². The molecule has 0 amide bonds. The Kier molecular flexibility index (Phi) is 6.92. The number of benzene rings is 1. The van der Waals surface area contributed by atoms with Crippen molar-refractivity contribution < 1.29 is 19.0 Å². The largest absolute Gasteiger partial charge is 0.481 e. The molecule has 3 heterocycles. The van der Waals surface area contributed by atoms with Gasteiger partial charge in [-0.05, 0) is 61.6 Å². The molecule has 33 heavy (non-hydrogen) atoms. The van der Waals surface area contributed by atoms with Crippen LogP contribution < -0.4 is 4.74 Å². The second-order valence-electron chi connectivity index (χ2n) is 7.94. The number of nitrogens with one attached hydrogen (secondary N) is 1. The first kappa shape index (κ1) is 22.4. The fraction of sp³-hybridized carbons (Fsp3) is 0.280. The highest BCUT2D eigenvalue weighted by Crippen LogP contribution is 2.28. The van der Waals surface area contributed by atoms with E-state index in [4.69, 9.17) is 14.6 Å². The predicted octanol–water partition coefficient (Wildman–Crippen LogP) is 5.63. The van der Waals surface area contributed by atoms with Gasteiger partial charge >= 0.3 is 0 Å². The number of carboxylic acids is 1. The van der Waals surface area contributed by atoms with Crippen LogP contribution in [-0.4, -0.2) is 37.1 Å². The molecule has 0 atom stereocenters. The molecule has 1 saturated carbocycles. The molecule has 0 radical (unpaired) electrons. The molecule has 7 nitrogen and oxygen atoms in total. The number of fused-ring (bicyclic) bond motifs is 1. The summed E-state index contributed by atoms with van der Waals surface area (Å²) in [7, 11) is 0. The van der Waals surface area contributed by atoms with E-state index in [0.717, 1.165) is 36.4 Å². The number of halogens is 1. The fourth-order valence-corrected chi connectivity index (χ4v) is 3.83. The Labute approximate surface area is 190 Å². The van der Waals surface area contributed by atoms with Gasteiger partial charge in [-0.2, -0.15) is 0 Å². The Balaban J connectivity index is 0.000000601. The predicted molar refractivity (Wildman–Crippen MR) is 123 cm³/mol. The molecule has 0 spiro atoms. The van der Waals surface area contributed by atoms with E-state index in [0.29, 0.717) is 22.9 Å². The van der Waals surface area contributed by atoms with Crippen molar-refractivity contribution in [2.24, 2.45) is 0 Å². The van der Waals surface area contributed by atoms with Crippen LogP contribution in [0.25, 0.3) is 33.7 Å². The number of nitrogens with zero attached hydrogens (tertiary/aromatic N) is 3. The minimum Gasteiger partial charge on any atom is -0.481 e. The minimum atomic E-state index is -0.833. The first-order valence-corrected chi connectivity index (χ1v) is 10.9. The topological polar surface area (TPSA) is 101 Å². The van der Waals surface area contributed by atoms with E-state index in [1.54, 1.807) is 18.5 Å². The van der Waals surface area contributed by atoms with Crippen molar-refractivity contribution in [1.82, 2.24) is 19.9 Å². The van der Waals surface area contributed by atoms with Gasteiger partial charge in [0.25, 0.3) is 5.97 Å². The van der Waals surface area contributed by atoms with Crippen LogP contribution >= 0.6 is 0 Å². The van der Waals surface area contributed by atoms with Crippen molar-refractivity contribution in [3.63, 3.8) is 0 Å². The highest BCUT2D eigenvalue weighted by molar-refractivity contribution is 5.76. The molecular formula is C25H25FN4O3. The lowest BCUT2D eigenvalue weighted by Crippen LogP contribution is -2.20. The van der Waals surface area contributed by atoms with Crippen molar-refractivity contribution in [3.05, 3.63) is 60.7 Å². The van der Waals surface area contributed by atoms with Crippen LogP contribution in [0, 0.1) is 5.82 Å². The minimum absolute atomic E-state index is 0.261. The molecule has 0 unspecified atom stereocenters. The van der Waals surface area contributed by atoms with E-state index in [2.05, 4.69) is 19.9 Å². The lowest BCUT2D eigenvalue weighted by molar-refractivity contribution is -0.134. The van der Waals surface area contributed by atoms with E-state index < -0.39 is 5.97 Å². The van der Waals surface area contributed by atoms with Gasteiger partial charge in [0.1, 0.15) is 17.7 Å². The number of hydrogen-bond donors (Lipinski definition) is 2. The Morgan fingerprint density at radius 1 is 1.09 bits per heavy atom. The lowest BCUT2D eigenvalue weighted by atomic mass is 9.98. The second-order valence-corrected chi connectivity index (χ2v) is 7.94. The highest BCUT2D eigenvalue weighted by Gasteiger charge is 2.16. The smallest absolute Gasteiger partial charge is 0.300 e. The van der Waals surface area contributed by atoms with E-state index in [1.165, 1.54) is 25.3 Å². The second kappa shape index (κ2) is 10.2. The zero-order chi connectivity index (χ0) is 23.2. The Morgan fingerprint density at radius 2 is 1.85 bits per heavy atom. The number of hydrogen-bond acceptors (Lipinski definition) is 5. The third-order valence-electron chi connectivity index (χ3n) is 5.39.